The first kappa shape index (κ1) is 19.1. The predicted octanol–water partition coefficient (Wildman–Crippen LogP) is 2.28. The summed E-state index contributed by atoms with van der Waals surface area (Å²) in [5, 5.41) is 12.9. The van der Waals surface area contributed by atoms with Gasteiger partial charge in [0.15, 0.2) is 11.4 Å². The summed E-state index contributed by atoms with van der Waals surface area (Å²) in [4.78, 5) is 40.0. The van der Waals surface area contributed by atoms with E-state index in [4.69, 9.17) is 11.6 Å². The number of hydrogen-bond acceptors (Lipinski definition) is 4. The number of nitrogens with one attached hydrogen (secondary N) is 1. The zero-order valence-electron chi connectivity index (χ0n) is 15.9. The van der Waals surface area contributed by atoms with Gasteiger partial charge in [-0.25, -0.2) is 4.39 Å². The third kappa shape index (κ3) is 2.74. The summed E-state index contributed by atoms with van der Waals surface area (Å²) in [6.07, 6.45) is 4.26. The van der Waals surface area contributed by atoms with Crippen molar-refractivity contribution >= 4 is 23.4 Å². The van der Waals surface area contributed by atoms with Crippen LogP contribution in [0.3, 0.4) is 0 Å². The van der Waals surface area contributed by atoms with Crippen molar-refractivity contribution in [2.45, 2.75) is 44.4 Å². The van der Waals surface area contributed by atoms with Gasteiger partial charge in [-0.05, 0) is 31.2 Å². The van der Waals surface area contributed by atoms with Crippen molar-refractivity contribution in [1.82, 2.24) is 14.8 Å². The van der Waals surface area contributed by atoms with E-state index in [1.165, 1.54) is 22.9 Å². The third-order valence-electron chi connectivity index (χ3n) is 6.53. The Labute approximate surface area is 176 Å². The number of hydrogen-bond donors (Lipinski definition) is 2. The van der Waals surface area contributed by atoms with Crippen molar-refractivity contribution in [3.63, 3.8) is 0 Å². The van der Waals surface area contributed by atoms with Gasteiger partial charge in [0.2, 0.25) is 5.43 Å². The largest absolute Gasteiger partial charge is 0.503 e. The molecule has 1 aliphatic carbocycles. The molecule has 5 rings (SSSR count). The molecule has 0 radical (unpaired) electrons. The number of piperidine rings is 1. The van der Waals surface area contributed by atoms with Crippen LogP contribution in [0.1, 0.15) is 45.7 Å². The first-order valence-electron chi connectivity index (χ1n) is 9.87. The Kier molecular flexibility index (Phi) is 4.36. The molecule has 3 atom stereocenters. The second kappa shape index (κ2) is 6.84. The predicted molar refractivity (Wildman–Crippen MR) is 106 cm³/mol. The monoisotopic (exact) mass is 431 g/mol. The Hall–Kier alpha value is -2.87. The summed E-state index contributed by atoms with van der Waals surface area (Å²) in [6, 6.07) is 4.60. The van der Waals surface area contributed by atoms with Gasteiger partial charge in [0.1, 0.15) is 11.4 Å². The summed E-state index contributed by atoms with van der Waals surface area (Å²) < 4.78 is 15.5. The van der Waals surface area contributed by atoms with Gasteiger partial charge < -0.3 is 19.9 Å². The third-order valence-corrected chi connectivity index (χ3v) is 6.82. The summed E-state index contributed by atoms with van der Waals surface area (Å²) in [5.74, 6) is -2.08. The number of carbonyl (C=O) groups is 2. The minimum Gasteiger partial charge on any atom is -0.503 e. The molecule has 0 unspecified atom stereocenters. The zero-order valence-corrected chi connectivity index (χ0v) is 16.7. The number of fused-ring (bicyclic) bond motifs is 6. The van der Waals surface area contributed by atoms with Gasteiger partial charge in [-0.15, -0.1) is 0 Å². The average molecular weight is 432 g/mol. The van der Waals surface area contributed by atoms with E-state index in [0.717, 1.165) is 19.3 Å². The highest BCUT2D eigenvalue weighted by Gasteiger charge is 2.51. The molecule has 156 valence electrons. The highest BCUT2D eigenvalue weighted by molar-refractivity contribution is 6.30. The molecule has 2 amide bonds. The van der Waals surface area contributed by atoms with Crippen LogP contribution in [0, 0.1) is 11.7 Å². The van der Waals surface area contributed by atoms with Crippen molar-refractivity contribution in [2.24, 2.45) is 5.92 Å². The fourth-order valence-electron chi connectivity index (χ4n) is 5.10. The van der Waals surface area contributed by atoms with Crippen molar-refractivity contribution in [3.05, 3.63) is 62.3 Å². The van der Waals surface area contributed by atoms with Gasteiger partial charge in [0.25, 0.3) is 11.8 Å². The molecule has 9 heteroatoms. The maximum Gasteiger partial charge on any atom is 0.275 e. The van der Waals surface area contributed by atoms with Crippen LogP contribution in [-0.4, -0.2) is 38.5 Å². The molecule has 2 aromatic rings. The smallest absolute Gasteiger partial charge is 0.275 e. The van der Waals surface area contributed by atoms with Crippen LogP contribution in [0.25, 0.3) is 0 Å². The van der Waals surface area contributed by atoms with Gasteiger partial charge in [0, 0.05) is 30.9 Å². The van der Waals surface area contributed by atoms with Gasteiger partial charge in [-0.2, -0.15) is 0 Å². The molecule has 3 heterocycles. The number of amides is 2. The molecule has 0 spiro atoms. The number of aromatic nitrogens is 1. The molecule has 2 fully saturated rings. The normalized spacial score (nSPS) is 24.0. The average Bonchev–Trinajstić information content (AvgIpc) is 3.33. The minimum absolute atomic E-state index is 0.0159. The van der Waals surface area contributed by atoms with Gasteiger partial charge in [0.05, 0.1) is 11.1 Å². The first-order valence-corrected chi connectivity index (χ1v) is 10.2. The van der Waals surface area contributed by atoms with Crippen molar-refractivity contribution in [3.8, 4) is 5.75 Å². The number of carbonyl (C=O) groups excluding carboxylic acids is 2. The number of aromatic hydroxyl groups is 1. The van der Waals surface area contributed by atoms with E-state index in [0.29, 0.717) is 12.5 Å². The van der Waals surface area contributed by atoms with E-state index in [2.05, 4.69) is 5.32 Å². The lowest BCUT2D eigenvalue weighted by Gasteiger charge is -2.40. The molecule has 30 heavy (non-hydrogen) atoms. The van der Waals surface area contributed by atoms with E-state index in [1.807, 2.05) is 0 Å². The van der Waals surface area contributed by atoms with E-state index in [9.17, 15) is 23.9 Å². The molecular weight excluding hydrogens is 413 g/mol. The summed E-state index contributed by atoms with van der Waals surface area (Å²) in [7, 11) is 0. The molecule has 2 aliphatic heterocycles. The summed E-state index contributed by atoms with van der Waals surface area (Å²) in [6.45, 7) is 0.256. The van der Waals surface area contributed by atoms with Crippen molar-refractivity contribution in [1.29, 1.82) is 0 Å². The minimum atomic E-state index is -0.915. The molecule has 2 N–H and O–H groups in total. The summed E-state index contributed by atoms with van der Waals surface area (Å²) >= 11 is 5.75. The molecule has 7 nitrogen and oxygen atoms in total. The number of rotatable bonds is 3. The Balaban J connectivity index is 1.45. The second-order valence-corrected chi connectivity index (χ2v) is 8.53. The van der Waals surface area contributed by atoms with E-state index in [1.54, 1.807) is 11.0 Å². The second-order valence-electron chi connectivity index (χ2n) is 8.12. The van der Waals surface area contributed by atoms with E-state index >= 15 is 0 Å². The standard InChI is InChI=1S/C21H19ClFN3O4/c22-14-3-1-2-11(16(14)23)7-24-20(29)13-8-25-9-15-10-4-5-12(6-10)26(15)21(30)17(25)19(28)18(13)27/h1-3,8,10,12,15,28H,4-7,9H2,(H,24,29)/t10-,12+,15+/m1/s1. The Morgan fingerprint density at radius 2 is 2.10 bits per heavy atom. The van der Waals surface area contributed by atoms with Crippen LogP contribution < -0.4 is 10.7 Å². The van der Waals surface area contributed by atoms with Crippen molar-refractivity contribution in [2.75, 3.05) is 0 Å². The fourth-order valence-corrected chi connectivity index (χ4v) is 5.30. The highest BCUT2D eigenvalue weighted by atomic mass is 35.5. The Morgan fingerprint density at radius 3 is 2.90 bits per heavy atom. The molecule has 1 aromatic heterocycles. The number of halogens is 2. The lowest BCUT2D eigenvalue weighted by molar-refractivity contribution is 0.0482. The quantitative estimate of drug-likeness (QED) is 0.780. The molecule has 1 aromatic carbocycles. The number of benzene rings is 1. The van der Waals surface area contributed by atoms with Crippen LogP contribution in [0.2, 0.25) is 5.02 Å². The SMILES string of the molecule is O=C(NCc1cccc(Cl)c1F)c1cn2c(c(O)c1=O)C(=O)N1[C@H]3CC[C@H](C3)[C@@H]1C2. The van der Waals surface area contributed by atoms with Gasteiger partial charge >= 0.3 is 0 Å². The van der Waals surface area contributed by atoms with E-state index in [-0.39, 0.29) is 46.4 Å². The summed E-state index contributed by atoms with van der Waals surface area (Å²) in [5.41, 5.74) is -1.10. The van der Waals surface area contributed by atoms with Crippen LogP contribution in [-0.2, 0) is 13.1 Å². The maximum absolute atomic E-state index is 14.0. The highest BCUT2D eigenvalue weighted by Crippen LogP contribution is 2.45. The first-order chi connectivity index (χ1) is 14.4. The molecule has 2 bridgehead atoms. The molecule has 3 aliphatic rings. The van der Waals surface area contributed by atoms with Gasteiger partial charge in [-0.3, -0.25) is 14.4 Å². The Bertz CT molecular complexity index is 1150. The van der Waals surface area contributed by atoms with Crippen LogP contribution in [0.15, 0.2) is 29.2 Å². The fraction of sp³-hybridized carbons (Fsp3) is 0.381. The lowest BCUT2D eigenvalue weighted by atomic mass is 9.95. The van der Waals surface area contributed by atoms with E-state index < -0.39 is 22.9 Å². The molecular formula is C21H19ClFN3O4. The molecule has 1 saturated heterocycles. The van der Waals surface area contributed by atoms with Crippen LogP contribution >= 0.6 is 11.6 Å². The Morgan fingerprint density at radius 1 is 1.30 bits per heavy atom. The number of nitrogens with zero attached hydrogens (tertiary/aromatic N) is 2. The van der Waals surface area contributed by atoms with Crippen molar-refractivity contribution < 1.29 is 19.1 Å². The molecule has 1 saturated carbocycles. The van der Waals surface area contributed by atoms with Crippen LogP contribution in [0.5, 0.6) is 5.75 Å². The zero-order chi connectivity index (χ0) is 21.2. The van der Waals surface area contributed by atoms with Gasteiger partial charge in [-0.1, -0.05) is 23.7 Å². The van der Waals surface area contributed by atoms with Crippen LogP contribution in [0.4, 0.5) is 4.39 Å². The topological polar surface area (TPSA) is 91.6 Å². The number of pyridine rings is 1. The lowest BCUT2D eigenvalue weighted by Crippen LogP contribution is -2.52. The maximum atomic E-state index is 14.0.